The Bertz CT molecular complexity index is 230. The van der Waals surface area contributed by atoms with Crippen LogP contribution in [0, 0.1) is 11.3 Å². The first-order chi connectivity index (χ1) is 7.74. The van der Waals surface area contributed by atoms with Crippen molar-refractivity contribution in [2.24, 2.45) is 0 Å². The van der Waals surface area contributed by atoms with Gasteiger partial charge in [0.2, 0.25) is 0 Å². The molecule has 16 heavy (non-hydrogen) atoms. The van der Waals surface area contributed by atoms with Crippen molar-refractivity contribution in [3.8, 4) is 6.07 Å². The second-order valence-electron chi connectivity index (χ2n) is 4.07. The molecule has 1 rings (SSSR count). The van der Waals surface area contributed by atoms with E-state index in [4.69, 9.17) is 14.7 Å². The highest BCUT2D eigenvalue weighted by molar-refractivity contribution is 4.91. The molecule has 92 valence electrons. The predicted octanol–water partition coefficient (Wildman–Crippen LogP) is -0.166. The van der Waals surface area contributed by atoms with Crippen molar-refractivity contribution in [3.63, 3.8) is 0 Å². The summed E-state index contributed by atoms with van der Waals surface area (Å²) in [6, 6.07) is 2.16. The maximum Gasteiger partial charge on any atom is 0.0971 e. The van der Waals surface area contributed by atoms with E-state index in [-0.39, 0.29) is 18.2 Å². The van der Waals surface area contributed by atoms with Crippen LogP contribution in [0.1, 0.15) is 6.42 Å². The largest absolute Gasteiger partial charge is 0.377 e. The monoisotopic (exact) mass is 227 g/mol. The minimum Gasteiger partial charge on any atom is -0.377 e. The first-order valence-corrected chi connectivity index (χ1v) is 5.60. The fourth-order valence-corrected chi connectivity index (χ4v) is 2.04. The fraction of sp³-hybridized carbons (Fsp3) is 0.909. The number of likely N-dealkylation sites (tertiary alicyclic amines) is 1. The summed E-state index contributed by atoms with van der Waals surface area (Å²) in [6.07, 6.45) is 1.14. The van der Waals surface area contributed by atoms with Crippen LogP contribution in [-0.2, 0) is 9.47 Å². The van der Waals surface area contributed by atoms with Crippen LogP contribution < -0.4 is 5.32 Å². The molecule has 1 saturated heterocycles. The third-order valence-corrected chi connectivity index (χ3v) is 3.13. The molecule has 0 bridgehead atoms. The van der Waals surface area contributed by atoms with Gasteiger partial charge >= 0.3 is 0 Å². The molecule has 1 aliphatic rings. The lowest BCUT2D eigenvalue weighted by Crippen LogP contribution is -2.31. The van der Waals surface area contributed by atoms with Crippen LogP contribution in [0.2, 0.25) is 0 Å². The van der Waals surface area contributed by atoms with Gasteiger partial charge in [-0.2, -0.15) is 5.26 Å². The molecule has 1 heterocycles. The Morgan fingerprint density at radius 2 is 1.94 bits per heavy atom. The van der Waals surface area contributed by atoms with Crippen molar-refractivity contribution in [1.29, 1.82) is 5.26 Å². The summed E-state index contributed by atoms with van der Waals surface area (Å²) >= 11 is 0. The summed E-state index contributed by atoms with van der Waals surface area (Å²) in [7, 11) is 5.24. The van der Waals surface area contributed by atoms with Crippen LogP contribution in [0.5, 0.6) is 0 Å². The van der Waals surface area contributed by atoms with E-state index >= 15 is 0 Å². The highest BCUT2D eigenvalue weighted by Gasteiger charge is 2.32. The molecule has 0 saturated carbocycles. The Balaban J connectivity index is 2.32. The average Bonchev–Trinajstić information content (AvgIpc) is 2.73. The van der Waals surface area contributed by atoms with Gasteiger partial charge in [0.15, 0.2) is 0 Å². The smallest absolute Gasteiger partial charge is 0.0971 e. The van der Waals surface area contributed by atoms with E-state index in [1.54, 1.807) is 14.2 Å². The van der Waals surface area contributed by atoms with Crippen molar-refractivity contribution in [1.82, 2.24) is 10.2 Å². The average molecular weight is 227 g/mol. The number of rotatable bonds is 6. The van der Waals surface area contributed by atoms with E-state index in [1.165, 1.54) is 0 Å². The Hall–Kier alpha value is -0.670. The lowest BCUT2D eigenvalue weighted by Gasteiger charge is -2.16. The molecule has 1 fully saturated rings. The SMILES string of the molecule is CNC(C#N)CCN1CC(OC)C(OC)C1. The molecule has 5 heteroatoms. The molecule has 0 amide bonds. The van der Waals surface area contributed by atoms with E-state index in [9.17, 15) is 0 Å². The summed E-state index contributed by atoms with van der Waals surface area (Å²) < 4.78 is 10.7. The third-order valence-electron chi connectivity index (χ3n) is 3.13. The normalized spacial score (nSPS) is 27.9. The zero-order valence-electron chi connectivity index (χ0n) is 10.3. The number of nitrogens with one attached hydrogen (secondary N) is 1. The van der Waals surface area contributed by atoms with Gasteiger partial charge in [-0.05, 0) is 13.5 Å². The summed E-state index contributed by atoms with van der Waals surface area (Å²) in [5.41, 5.74) is 0. The molecule has 5 nitrogen and oxygen atoms in total. The van der Waals surface area contributed by atoms with Crippen molar-refractivity contribution in [2.75, 3.05) is 40.9 Å². The number of nitrogens with zero attached hydrogens (tertiary/aromatic N) is 2. The summed E-state index contributed by atoms with van der Waals surface area (Å²) in [4.78, 5) is 2.28. The van der Waals surface area contributed by atoms with Gasteiger partial charge in [0.05, 0.1) is 24.3 Å². The number of ether oxygens (including phenoxy) is 2. The Morgan fingerprint density at radius 3 is 2.31 bits per heavy atom. The fourth-order valence-electron chi connectivity index (χ4n) is 2.04. The van der Waals surface area contributed by atoms with Crippen molar-refractivity contribution in [3.05, 3.63) is 0 Å². The van der Waals surface area contributed by atoms with E-state index in [2.05, 4.69) is 16.3 Å². The number of hydrogen-bond donors (Lipinski definition) is 1. The lowest BCUT2D eigenvalue weighted by molar-refractivity contribution is -0.00461. The van der Waals surface area contributed by atoms with E-state index in [0.717, 1.165) is 26.1 Å². The number of nitriles is 1. The van der Waals surface area contributed by atoms with Crippen LogP contribution in [0.3, 0.4) is 0 Å². The lowest BCUT2D eigenvalue weighted by atomic mass is 10.2. The van der Waals surface area contributed by atoms with Crippen molar-refractivity contribution in [2.45, 2.75) is 24.7 Å². The van der Waals surface area contributed by atoms with Crippen LogP contribution >= 0.6 is 0 Å². The first kappa shape index (κ1) is 13.4. The number of hydrogen-bond acceptors (Lipinski definition) is 5. The molecule has 0 aromatic heterocycles. The Labute approximate surface area is 97.3 Å². The van der Waals surface area contributed by atoms with E-state index in [1.807, 2.05) is 7.05 Å². The second kappa shape index (κ2) is 6.81. The molecule has 0 spiro atoms. The summed E-state index contributed by atoms with van der Waals surface area (Å²) in [5, 5.41) is 11.8. The van der Waals surface area contributed by atoms with E-state index in [0.29, 0.717) is 0 Å². The molecular formula is C11H21N3O2. The van der Waals surface area contributed by atoms with Crippen molar-refractivity contribution >= 4 is 0 Å². The minimum absolute atomic E-state index is 0.0670. The third kappa shape index (κ3) is 3.42. The van der Waals surface area contributed by atoms with Crippen molar-refractivity contribution < 1.29 is 9.47 Å². The highest BCUT2D eigenvalue weighted by atomic mass is 16.5. The van der Waals surface area contributed by atoms with Crippen LogP contribution in [0.15, 0.2) is 0 Å². The zero-order chi connectivity index (χ0) is 12.0. The molecule has 3 atom stereocenters. The topological polar surface area (TPSA) is 57.5 Å². The summed E-state index contributed by atoms with van der Waals surface area (Å²) in [5.74, 6) is 0. The molecule has 0 aromatic carbocycles. The zero-order valence-corrected chi connectivity index (χ0v) is 10.3. The highest BCUT2D eigenvalue weighted by Crippen LogP contribution is 2.15. The van der Waals surface area contributed by atoms with Gasteiger partial charge in [0.1, 0.15) is 0 Å². The van der Waals surface area contributed by atoms with Gasteiger partial charge < -0.3 is 14.8 Å². The molecule has 0 radical (unpaired) electrons. The van der Waals surface area contributed by atoms with Gasteiger partial charge in [-0.3, -0.25) is 4.90 Å². The first-order valence-electron chi connectivity index (χ1n) is 5.60. The van der Waals surface area contributed by atoms with E-state index < -0.39 is 0 Å². The molecule has 1 N–H and O–H groups in total. The van der Waals surface area contributed by atoms with Gasteiger partial charge in [-0.15, -0.1) is 0 Å². The summed E-state index contributed by atoms with van der Waals surface area (Å²) in [6.45, 7) is 2.67. The van der Waals surface area contributed by atoms with Crippen LogP contribution in [0.4, 0.5) is 0 Å². The van der Waals surface area contributed by atoms with Crippen LogP contribution in [-0.4, -0.2) is 64.1 Å². The second-order valence-corrected chi connectivity index (χ2v) is 4.07. The quantitative estimate of drug-likeness (QED) is 0.683. The molecule has 0 aromatic rings. The molecule has 3 unspecified atom stereocenters. The van der Waals surface area contributed by atoms with Gasteiger partial charge in [-0.25, -0.2) is 0 Å². The molecular weight excluding hydrogens is 206 g/mol. The Kier molecular flexibility index (Phi) is 5.71. The minimum atomic E-state index is -0.0670. The van der Waals surface area contributed by atoms with Gasteiger partial charge in [-0.1, -0.05) is 0 Å². The molecule has 0 aliphatic carbocycles. The predicted molar refractivity (Wildman–Crippen MR) is 61.1 cm³/mol. The van der Waals surface area contributed by atoms with Crippen LogP contribution in [0.25, 0.3) is 0 Å². The Morgan fingerprint density at radius 1 is 1.38 bits per heavy atom. The molecule has 1 aliphatic heterocycles. The maximum atomic E-state index is 8.82. The standard InChI is InChI=1S/C11H21N3O2/c1-13-9(6-12)4-5-14-7-10(15-2)11(8-14)16-3/h9-11,13H,4-5,7-8H2,1-3H3. The van der Waals surface area contributed by atoms with Gasteiger partial charge in [0.25, 0.3) is 0 Å². The number of methoxy groups -OCH3 is 2. The maximum absolute atomic E-state index is 8.82. The van der Waals surface area contributed by atoms with Gasteiger partial charge in [0, 0.05) is 33.9 Å².